The molecule has 3 aliphatic rings. The molecule has 2 aliphatic heterocycles. The van der Waals surface area contributed by atoms with Gasteiger partial charge in [0.15, 0.2) is 0 Å². The van der Waals surface area contributed by atoms with Crippen LogP contribution in [0, 0.1) is 12.8 Å². The number of ether oxygens (including phenoxy) is 1. The van der Waals surface area contributed by atoms with Crippen molar-refractivity contribution < 1.29 is 9.53 Å². The number of carbonyl (C=O) groups is 1. The molecule has 1 aromatic carbocycles. The SMILES string of the molecule is COc1ccccc1CN1C(=O)CCc2c(C)nc([C@H]3CCCN3CC3CC3)nc21. The largest absolute Gasteiger partial charge is 0.496 e. The number of hydrogen-bond acceptors (Lipinski definition) is 5. The monoisotopic (exact) mass is 406 g/mol. The Morgan fingerprint density at radius 1 is 1.13 bits per heavy atom. The molecule has 5 rings (SSSR count). The van der Waals surface area contributed by atoms with Crippen LogP contribution < -0.4 is 9.64 Å². The van der Waals surface area contributed by atoms with Gasteiger partial charge in [-0.2, -0.15) is 0 Å². The van der Waals surface area contributed by atoms with Crippen LogP contribution in [0.4, 0.5) is 5.82 Å². The van der Waals surface area contributed by atoms with Gasteiger partial charge in [0, 0.05) is 29.8 Å². The Balaban J connectivity index is 1.49. The van der Waals surface area contributed by atoms with Gasteiger partial charge in [-0.25, -0.2) is 9.97 Å². The number of methoxy groups -OCH3 is 1. The second-order valence-electron chi connectivity index (χ2n) is 8.86. The third-order valence-electron chi connectivity index (χ3n) is 6.73. The first-order chi connectivity index (χ1) is 14.6. The van der Waals surface area contributed by atoms with Gasteiger partial charge in [0.1, 0.15) is 17.4 Å². The summed E-state index contributed by atoms with van der Waals surface area (Å²) in [5.41, 5.74) is 3.13. The van der Waals surface area contributed by atoms with E-state index in [1.165, 1.54) is 19.3 Å². The first kappa shape index (κ1) is 19.5. The number of aromatic nitrogens is 2. The molecule has 30 heavy (non-hydrogen) atoms. The van der Waals surface area contributed by atoms with Crippen molar-refractivity contribution in [3.05, 3.63) is 46.9 Å². The number of nitrogens with zero attached hydrogens (tertiary/aromatic N) is 4. The van der Waals surface area contributed by atoms with Crippen LogP contribution in [0.2, 0.25) is 0 Å². The van der Waals surface area contributed by atoms with Crippen LogP contribution in [0.25, 0.3) is 0 Å². The van der Waals surface area contributed by atoms with Gasteiger partial charge in [-0.15, -0.1) is 0 Å². The molecule has 0 bridgehead atoms. The Hall–Kier alpha value is -2.47. The topological polar surface area (TPSA) is 58.6 Å². The van der Waals surface area contributed by atoms with Crippen molar-refractivity contribution in [2.75, 3.05) is 25.1 Å². The summed E-state index contributed by atoms with van der Waals surface area (Å²) < 4.78 is 5.52. The number of amides is 1. The van der Waals surface area contributed by atoms with Crippen LogP contribution in [-0.2, 0) is 17.8 Å². The van der Waals surface area contributed by atoms with E-state index in [0.717, 1.165) is 66.1 Å². The molecule has 0 unspecified atom stereocenters. The van der Waals surface area contributed by atoms with E-state index in [-0.39, 0.29) is 11.9 Å². The number of rotatable bonds is 6. The summed E-state index contributed by atoms with van der Waals surface area (Å²) in [5, 5.41) is 0. The molecule has 158 valence electrons. The van der Waals surface area contributed by atoms with Crippen molar-refractivity contribution in [2.45, 2.75) is 58.0 Å². The molecule has 2 aromatic rings. The fourth-order valence-corrected chi connectivity index (χ4v) is 4.89. The number of benzene rings is 1. The summed E-state index contributed by atoms with van der Waals surface area (Å²) in [6.45, 7) is 4.84. The first-order valence-corrected chi connectivity index (χ1v) is 11.2. The molecule has 1 aromatic heterocycles. The average molecular weight is 407 g/mol. The summed E-state index contributed by atoms with van der Waals surface area (Å²) >= 11 is 0. The Morgan fingerprint density at radius 3 is 2.77 bits per heavy atom. The van der Waals surface area contributed by atoms with Crippen molar-refractivity contribution in [2.24, 2.45) is 5.92 Å². The highest BCUT2D eigenvalue weighted by Gasteiger charge is 2.35. The second-order valence-corrected chi connectivity index (χ2v) is 8.86. The molecule has 2 fully saturated rings. The van der Waals surface area contributed by atoms with E-state index in [9.17, 15) is 4.79 Å². The molecule has 3 heterocycles. The fourth-order valence-electron chi connectivity index (χ4n) is 4.89. The van der Waals surface area contributed by atoms with Gasteiger partial charge < -0.3 is 4.74 Å². The Morgan fingerprint density at radius 2 is 1.97 bits per heavy atom. The maximum atomic E-state index is 12.9. The Labute approximate surface area is 178 Å². The normalized spacial score (nSPS) is 21.7. The molecule has 1 amide bonds. The fraction of sp³-hybridized carbons (Fsp3) is 0.542. The van der Waals surface area contributed by atoms with Gasteiger partial charge in [0.25, 0.3) is 0 Å². The van der Waals surface area contributed by atoms with E-state index in [1.54, 1.807) is 7.11 Å². The zero-order chi connectivity index (χ0) is 20.7. The summed E-state index contributed by atoms with van der Waals surface area (Å²) in [6, 6.07) is 8.17. The van der Waals surface area contributed by atoms with E-state index in [2.05, 4.69) is 11.8 Å². The van der Waals surface area contributed by atoms with Crippen LogP contribution >= 0.6 is 0 Å². The highest BCUT2D eigenvalue weighted by molar-refractivity contribution is 5.95. The van der Waals surface area contributed by atoms with E-state index in [4.69, 9.17) is 14.7 Å². The van der Waals surface area contributed by atoms with Crippen molar-refractivity contribution >= 4 is 11.7 Å². The van der Waals surface area contributed by atoms with Gasteiger partial charge in [0.05, 0.1) is 19.7 Å². The predicted octanol–water partition coefficient (Wildman–Crippen LogP) is 3.82. The van der Waals surface area contributed by atoms with Gasteiger partial charge in [0.2, 0.25) is 5.91 Å². The Kier molecular flexibility index (Phi) is 5.19. The maximum absolute atomic E-state index is 12.9. The molecule has 1 atom stereocenters. The quantitative estimate of drug-likeness (QED) is 0.730. The first-order valence-electron chi connectivity index (χ1n) is 11.2. The van der Waals surface area contributed by atoms with Crippen LogP contribution in [0.3, 0.4) is 0 Å². The zero-order valence-corrected chi connectivity index (χ0v) is 17.9. The summed E-state index contributed by atoms with van der Waals surface area (Å²) in [5.74, 6) is 3.48. The molecule has 1 aliphatic carbocycles. The number of carbonyl (C=O) groups excluding carboxylic acids is 1. The third kappa shape index (κ3) is 3.69. The third-order valence-corrected chi connectivity index (χ3v) is 6.73. The van der Waals surface area contributed by atoms with Crippen LogP contribution in [0.1, 0.15) is 60.8 Å². The van der Waals surface area contributed by atoms with Crippen molar-refractivity contribution in [3.8, 4) is 5.75 Å². The highest BCUT2D eigenvalue weighted by atomic mass is 16.5. The lowest BCUT2D eigenvalue weighted by molar-refractivity contribution is -0.119. The van der Waals surface area contributed by atoms with Crippen molar-refractivity contribution in [3.63, 3.8) is 0 Å². The second kappa shape index (κ2) is 7.99. The predicted molar refractivity (Wildman–Crippen MR) is 116 cm³/mol. The summed E-state index contributed by atoms with van der Waals surface area (Å²) in [6.07, 6.45) is 6.23. The number of aryl methyl sites for hydroxylation is 1. The van der Waals surface area contributed by atoms with Crippen LogP contribution in [-0.4, -0.2) is 41.0 Å². The smallest absolute Gasteiger partial charge is 0.228 e. The van der Waals surface area contributed by atoms with Crippen LogP contribution in [0.5, 0.6) is 5.75 Å². The summed E-state index contributed by atoms with van der Waals surface area (Å²) in [7, 11) is 1.67. The number of hydrogen-bond donors (Lipinski definition) is 0. The van der Waals surface area contributed by atoms with E-state index >= 15 is 0 Å². The van der Waals surface area contributed by atoms with Gasteiger partial charge >= 0.3 is 0 Å². The van der Waals surface area contributed by atoms with Crippen LogP contribution in [0.15, 0.2) is 24.3 Å². The molecule has 1 saturated heterocycles. The van der Waals surface area contributed by atoms with E-state index in [1.807, 2.05) is 29.2 Å². The van der Waals surface area contributed by atoms with Gasteiger partial charge in [-0.05, 0) is 57.6 Å². The average Bonchev–Trinajstić information content (AvgIpc) is 3.45. The highest BCUT2D eigenvalue weighted by Crippen LogP contribution is 2.38. The molecule has 6 nitrogen and oxygen atoms in total. The number of para-hydroxylation sites is 1. The minimum atomic E-state index is 0.124. The Bertz CT molecular complexity index is 956. The molecule has 1 saturated carbocycles. The van der Waals surface area contributed by atoms with Gasteiger partial charge in [-0.3, -0.25) is 14.6 Å². The van der Waals surface area contributed by atoms with Crippen molar-refractivity contribution in [1.29, 1.82) is 0 Å². The number of likely N-dealkylation sites (tertiary alicyclic amines) is 1. The molecule has 0 spiro atoms. The van der Waals surface area contributed by atoms with E-state index < -0.39 is 0 Å². The molecule has 0 radical (unpaired) electrons. The minimum Gasteiger partial charge on any atom is -0.496 e. The number of anilines is 1. The molecule has 0 N–H and O–H groups in total. The molecular formula is C24H30N4O2. The standard InChI is InChI=1S/C24H30N4O2/c1-16-19-11-12-22(29)28(15-18-6-3-4-8-21(18)30-2)24(19)26-23(25-16)20-7-5-13-27(20)14-17-9-10-17/h3-4,6,8,17,20H,5,7,9-15H2,1-2H3/t20-/m1/s1. The molecule has 6 heteroatoms. The molecular weight excluding hydrogens is 376 g/mol. The lowest BCUT2D eigenvalue weighted by Crippen LogP contribution is -2.37. The lowest BCUT2D eigenvalue weighted by atomic mass is 10.0. The van der Waals surface area contributed by atoms with E-state index in [0.29, 0.717) is 13.0 Å². The zero-order valence-electron chi connectivity index (χ0n) is 17.9. The lowest BCUT2D eigenvalue weighted by Gasteiger charge is -2.31. The van der Waals surface area contributed by atoms with Crippen molar-refractivity contribution in [1.82, 2.24) is 14.9 Å². The summed E-state index contributed by atoms with van der Waals surface area (Å²) in [4.78, 5) is 27.3. The van der Waals surface area contributed by atoms with Gasteiger partial charge in [-0.1, -0.05) is 18.2 Å². The number of fused-ring (bicyclic) bond motifs is 1. The minimum absolute atomic E-state index is 0.124. The maximum Gasteiger partial charge on any atom is 0.228 e.